The summed E-state index contributed by atoms with van der Waals surface area (Å²) >= 11 is 1.65. The van der Waals surface area contributed by atoms with Gasteiger partial charge < -0.3 is 10.3 Å². The Bertz CT molecular complexity index is 320. The number of aryl methyl sites for hydroxylation is 1. The van der Waals surface area contributed by atoms with Gasteiger partial charge in [-0.05, 0) is 13.3 Å². The Morgan fingerprint density at radius 2 is 2.29 bits per heavy atom. The fourth-order valence-corrected chi connectivity index (χ4v) is 1.84. The van der Waals surface area contributed by atoms with Gasteiger partial charge in [-0.25, -0.2) is 0 Å². The highest BCUT2D eigenvalue weighted by Crippen LogP contribution is 2.16. The van der Waals surface area contributed by atoms with Gasteiger partial charge in [-0.1, -0.05) is 11.8 Å². The number of hydrogen-bond acceptors (Lipinski definition) is 4. The third-order valence-corrected chi connectivity index (χ3v) is 2.98. The van der Waals surface area contributed by atoms with Crippen LogP contribution in [0, 0.1) is 12.3 Å². The molecule has 3 N–H and O–H groups in total. The van der Waals surface area contributed by atoms with E-state index in [1.54, 1.807) is 11.8 Å². The van der Waals surface area contributed by atoms with Crippen molar-refractivity contribution in [3.63, 3.8) is 0 Å². The van der Waals surface area contributed by atoms with Crippen LogP contribution >= 0.6 is 11.8 Å². The average Bonchev–Trinajstić information content (AvgIpc) is 2.43. The van der Waals surface area contributed by atoms with E-state index in [1.165, 1.54) is 0 Å². The average molecular weight is 213 g/mol. The summed E-state index contributed by atoms with van der Waals surface area (Å²) in [5, 5.41) is 16.0. The molecule has 0 aliphatic rings. The van der Waals surface area contributed by atoms with Gasteiger partial charge in [-0.3, -0.25) is 5.41 Å². The molecule has 14 heavy (non-hydrogen) atoms. The minimum Gasteiger partial charge on any atom is -0.388 e. The molecule has 0 radical (unpaired) electrons. The molecule has 0 bridgehead atoms. The summed E-state index contributed by atoms with van der Waals surface area (Å²) < 4.78 is 1.96. The highest BCUT2D eigenvalue weighted by Gasteiger charge is 2.04. The lowest BCUT2D eigenvalue weighted by Crippen LogP contribution is -2.09. The van der Waals surface area contributed by atoms with Crippen molar-refractivity contribution >= 4 is 17.6 Å². The van der Waals surface area contributed by atoms with E-state index in [9.17, 15) is 0 Å². The first kappa shape index (κ1) is 11.0. The van der Waals surface area contributed by atoms with Gasteiger partial charge in [0.25, 0.3) is 0 Å². The molecule has 0 aromatic carbocycles. The smallest absolute Gasteiger partial charge is 0.190 e. The molecule has 0 aliphatic heterocycles. The summed E-state index contributed by atoms with van der Waals surface area (Å²) in [6.45, 7) is 1.92. The Kier molecular flexibility index (Phi) is 3.94. The zero-order valence-electron chi connectivity index (χ0n) is 8.45. The molecule has 0 fully saturated rings. The lowest BCUT2D eigenvalue weighted by molar-refractivity contribution is 0.764. The van der Waals surface area contributed by atoms with E-state index in [0.29, 0.717) is 6.42 Å². The minimum absolute atomic E-state index is 0.250. The Hall–Kier alpha value is -1.04. The molecule has 78 valence electrons. The van der Waals surface area contributed by atoms with Crippen LogP contribution in [0.4, 0.5) is 0 Å². The van der Waals surface area contributed by atoms with Crippen LogP contribution < -0.4 is 5.73 Å². The van der Waals surface area contributed by atoms with Gasteiger partial charge in [0, 0.05) is 19.2 Å². The van der Waals surface area contributed by atoms with E-state index in [-0.39, 0.29) is 5.84 Å². The maximum atomic E-state index is 7.06. The van der Waals surface area contributed by atoms with Crippen LogP contribution in [0.2, 0.25) is 0 Å². The lowest BCUT2D eigenvalue weighted by Gasteiger charge is -2.00. The maximum absolute atomic E-state index is 7.06. The quantitative estimate of drug-likeness (QED) is 0.330. The molecule has 5 nitrogen and oxygen atoms in total. The molecule has 0 saturated carbocycles. The van der Waals surface area contributed by atoms with Crippen molar-refractivity contribution in [3.8, 4) is 0 Å². The fourth-order valence-electron chi connectivity index (χ4n) is 0.939. The van der Waals surface area contributed by atoms with Crippen LogP contribution in [0.5, 0.6) is 0 Å². The van der Waals surface area contributed by atoms with Crippen LogP contribution in [0.15, 0.2) is 5.16 Å². The Morgan fingerprint density at radius 1 is 1.57 bits per heavy atom. The SMILES string of the molecule is Cc1nnc(SCCCC(=N)N)n1C. The van der Waals surface area contributed by atoms with E-state index >= 15 is 0 Å². The van der Waals surface area contributed by atoms with Crippen molar-refractivity contribution in [2.75, 3.05) is 5.75 Å². The van der Waals surface area contributed by atoms with Crippen LogP contribution in [-0.2, 0) is 7.05 Å². The van der Waals surface area contributed by atoms with Gasteiger partial charge in [-0.2, -0.15) is 0 Å². The van der Waals surface area contributed by atoms with Crippen LogP contribution in [0.25, 0.3) is 0 Å². The highest BCUT2D eigenvalue weighted by molar-refractivity contribution is 7.99. The second-order valence-electron chi connectivity index (χ2n) is 3.07. The van der Waals surface area contributed by atoms with Gasteiger partial charge in [-0.15, -0.1) is 10.2 Å². The predicted octanol–water partition coefficient (Wildman–Crippen LogP) is 0.932. The molecule has 0 aliphatic carbocycles. The fraction of sp³-hybridized carbons (Fsp3) is 0.625. The molecular formula is C8H15N5S. The van der Waals surface area contributed by atoms with Gasteiger partial charge in [0.15, 0.2) is 5.16 Å². The number of thioether (sulfide) groups is 1. The van der Waals surface area contributed by atoms with E-state index in [1.807, 2.05) is 18.5 Å². The van der Waals surface area contributed by atoms with Crippen LogP contribution in [0.3, 0.4) is 0 Å². The summed E-state index contributed by atoms with van der Waals surface area (Å²) in [5.74, 6) is 2.09. The van der Waals surface area contributed by atoms with E-state index in [4.69, 9.17) is 11.1 Å². The van der Waals surface area contributed by atoms with Crippen molar-refractivity contribution in [1.82, 2.24) is 14.8 Å². The first-order chi connectivity index (χ1) is 6.61. The molecule has 0 saturated heterocycles. The van der Waals surface area contributed by atoms with Crippen LogP contribution in [-0.4, -0.2) is 26.4 Å². The summed E-state index contributed by atoms with van der Waals surface area (Å²) in [5.41, 5.74) is 5.25. The second kappa shape index (κ2) is 4.99. The molecule has 1 rings (SSSR count). The van der Waals surface area contributed by atoms with Crippen LogP contribution in [0.1, 0.15) is 18.7 Å². The van der Waals surface area contributed by atoms with Crippen molar-refractivity contribution in [1.29, 1.82) is 5.41 Å². The van der Waals surface area contributed by atoms with Crippen molar-refractivity contribution in [2.24, 2.45) is 12.8 Å². The number of rotatable bonds is 5. The van der Waals surface area contributed by atoms with Gasteiger partial charge >= 0.3 is 0 Å². The third-order valence-electron chi connectivity index (χ3n) is 1.87. The zero-order chi connectivity index (χ0) is 10.6. The lowest BCUT2D eigenvalue weighted by atomic mass is 10.3. The number of amidine groups is 1. The van der Waals surface area contributed by atoms with Gasteiger partial charge in [0.1, 0.15) is 5.82 Å². The molecule has 1 aromatic heterocycles. The predicted molar refractivity (Wildman–Crippen MR) is 57.6 cm³/mol. The minimum atomic E-state index is 0.250. The molecule has 0 spiro atoms. The highest BCUT2D eigenvalue weighted by atomic mass is 32.2. The number of nitrogens with two attached hydrogens (primary N) is 1. The van der Waals surface area contributed by atoms with Crippen molar-refractivity contribution in [2.45, 2.75) is 24.9 Å². The molecule has 1 aromatic rings. The second-order valence-corrected chi connectivity index (χ2v) is 4.13. The zero-order valence-corrected chi connectivity index (χ0v) is 9.27. The third kappa shape index (κ3) is 3.02. The Labute approximate surface area is 87.6 Å². The number of nitrogens with one attached hydrogen (secondary N) is 1. The first-order valence-electron chi connectivity index (χ1n) is 4.43. The van der Waals surface area contributed by atoms with Gasteiger partial charge in [0.05, 0.1) is 5.84 Å². The Morgan fingerprint density at radius 3 is 2.79 bits per heavy atom. The number of aromatic nitrogens is 3. The molecule has 6 heteroatoms. The molecular weight excluding hydrogens is 198 g/mol. The molecule has 0 atom stereocenters. The largest absolute Gasteiger partial charge is 0.388 e. The number of hydrogen-bond donors (Lipinski definition) is 2. The standard InChI is InChI=1S/C8H15N5S/c1-6-11-12-8(13(6)2)14-5-3-4-7(9)10/h3-5H2,1-2H3,(H3,9,10). The molecule has 0 unspecified atom stereocenters. The topological polar surface area (TPSA) is 80.6 Å². The maximum Gasteiger partial charge on any atom is 0.190 e. The normalized spacial score (nSPS) is 10.4. The van der Waals surface area contributed by atoms with E-state index in [0.717, 1.165) is 23.2 Å². The first-order valence-corrected chi connectivity index (χ1v) is 5.41. The summed E-state index contributed by atoms with van der Waals surface area (Å²) in [6.07, 6.45) is 1.57. The molecule has 1 heterocycles. The molecule has 0 amide bonds. The summed E-state index contributed by atoms with van der Waals surface area (Å²) in [4.78, 5) is 0. The summed E-state index contributed by atoms with van der Waals surface area (Å²) in [6, 6.07) is 0. The summed E-state index contributed by atoms with van der Waals surface area (Å²) in [7, 11) is 1.95. The van der Waals surface area contributed by atoms with Crippen molar-refractivity contribution in [3.05, 3.63) is 5.82 Å². The Balaban J connectivity index is 2.31. The van der Waals surface area contributed by atoms with Gasteiger partial charge in [0.2, 0.25) is 0 Å². The monoisotopic (exact) mass is 213 g/mol. The van der Waals surface area contributed by atoms with E-state index < -0.39 is 0 Å². The number of nitrogens with zero attached hydrogens (tertiary/aromatic N) is 3. The van der Waals surface area contributed by atoms with Crippen molar-refractivity contribution < 1.29 is 0 Å². The van der Waals surface area contributed by atoms with E-state index in [2.05, 4.69) is 10.2 Å².